The van der Waals surface area contributed by atoms with Crippen molar-refractivity contribution >= 4 is 17.5 Å². The van der Waals surface area contributed by atoms with Gasteiger partial charge in [-0.15, -0.1) is 0 Å². The third-order valence-electron chi connectivity index (χ3n) is 4.08. The molecule has 0 spiro atoms. The van der Waals surface area contributed by atoms with Crippen LogP contribution in [-0.2, 0) is 11.2 Å². The van der Waals surface area contributed by atoms with Gasteiger partial charge in [-0.2, -0.15) is 0 Å². The predicted molar refractivity (Wildman–Crippen MR) is 92.4 cm³/mol. The van der Waals surface area contributed by atoms with Gasteiger partial charge in [0, 0.05) is 19.2 Å². The Bertz CT molecular complexity index is 744. The van der Waals surface area contributed by atoms with Gasteiger partial charge in [0.05, 0.1) is 5.69 Å². The molecule has 5 nitrogen and oxygen atoms in total. The quantitative estimate of drug-likeness (QED) is 0.859. The number of likely N-dealkylation sites (N-methyl/N-ethyl adjacent to an activating group) is 1. The molecule has 0 aromatic heterocycles. The molecule has 24 heavy (non-hydrogen) atoms. The number of hydrogen-bond donors (Lipinski definition) is 1. The van der Waals surface area contributed by atoms with E-state index in [9.17, 15) is 9.59 Å². The van der Waals surface area contributed by atoms with Gasteiger partial charge < -0.3 is 15.0 Å². The van der Waals surface area contributed by atoms with E-state index in [4.69, 9.17) is 4.74 Å². The zero-order chi connectivity index (χ0) is 16.9. The lowest BCUT2D eigenvalue weighted by Gasteiger charge is -2.26. The molecule has 3 rings (SSSR count). The van der Waals surface area contributed by atoms with Crippen LogP contribution in [0.15, 0.2) is 48.5 Å². The van der Waals surface area contributed by atoms with Crippen LogP contribution >= 0.6 is 0 Å². The number of carbonyl (C=O) groups excluding carboxylic acids is 2. The Morgan fingerprint density at radius 2 is 2.00 bits per heavy atom. The largest absolute Gasteiger partial charge is 0.482 e. The molecular weight excluding hydrogens is 304 g/mol. The molecule has 5 heteroatoms. The fraction of sp³-hybridized carbons (Fsp3) is 0.263. The first-order valence-electron chi connectivity index (χ1n) is 8.00. The minimum Gasteiger partial charge on any atom is -0.482 e. The number of benzene rings is 2. The van der Waals surface area contributed by atoms with Crippen LogP contribution in [0.5, 0.6) is 5.75 Å². The Morgan fingerprint density at radius 3 is 2.79 bits per heavy atom. The van der Waals surface area contributed by atoms with Crippen LogP contribution in [0.25, 0.3) is 0 Å². The minimum atomic E-state index is -0.141. The molecule has 1 heterocycles. The molecule has 0 fully saturated rings. The van der Waals surface area contributed by atoms with E-state index in [-0.39, 0.29) is 18.4 Å². The van der Waals surface area contributed by atoms with Gasteiger partial charge in [0.1, 0.15) is 5.75 Å². The van der Waals surface area contributed by atoms with E-state index in [1.54, 1.807) is 25.2 Å². The molecule has 1 N–H and O–H groups in total. The summed E-state index contributed by atoms with van der Waals surface area (Å²) in [6, 6.07) is 15.3. The first-order chi connectivity index (χ1) is 11.6. The Balaban J connectivity index is 1.56. The highest BCUT2D eigenvalue weighted by molar-refractivity contribution is 6.00. The van der Waals surface area contributed by atoms with Gasteiger partial charge in [-0.1, -0.05) is 30.3 Å². The Kier molecular flexibility index (Phi) is 4.79. The van der Waals surface area contributed by atoms with E-state index in [1.807, 2.05) is 18.2 Å². The predicted octanol–water partition coefficient (Wildman–Crippen LogP) is 2.40. The molecule has 0 atom stereocenters. The van der Waals surface area contributed by atoms with Crippen LogP contribution in [0.4, 0.5) is 5.69 Å². The van der Waals surface area contributed by atoms with Crippen molar-refractivity contribution in [3.8, 4) is 5.75 Å². The van der Waals surface area contributed by atoms with Crippen LogP contribution in [0, 0.1) is 0 Å². The second kappa shape index (κ2) is 7.17. The molecule has 2 amide bonds. The number of nitrogens with zero attached hydrogens (tertiary/aromatic N) is 1. The highest BCUT2D eigenvalue weighted by atomic mass is 16.5. The second-order valence-corrected chi connectivity index (χ2v) is 5.77. The summed E-state index contributed by atoms with van der Waals surface area (Å²) in [5, 5.41) is 2.92. The standard InChI is InChI=1S/C19H20N2O3/c1-21-16-12-15(9-10-17(16)24-13-18(21)22)19(23)20-11-5-8-14-6-3-2-4-7-14/h2-4,6-7,9-10,12H,5,8,11,13H2,1H3,(H,20,23). The maximum absolute atomic E-state index is 12.3. The van der Waals surface area contributed by atoms with Gasteiger partial charge in [0.15, 0.2) is 6.61 Å². The van der Waals surface area contributed by atoms with Gasteiger partial charge in [-0.05, 0) is 36.6 Å². The molecule has 0 bridgehead atoms. The lowest BCUT2D eigenvalue weighted by atomic mass is 10.1. The summed E-state index contributed by atoms with van der Waals surface area (Å²) >= 11 is 0. The number of fused-ring (bicyclic) bond motifs is 1. The van der Waals surface area contributed by atoms with E-state index >= 15 is 0 Å². The molecule has 1 aliphatic rings. The molecular formula is C19H20N2O3. The van der Waals surface area contributed by atoms with Crippen molar-refractivity contribution in [2.75, 3.05) is 25.1 Å². The molecule has 0 unspecified atom stereocenters. The van der Waals surface area contributed by atoms with Gasteiger partial charge in [0.2, 0.25) is 0 Å². The third-order valence-corrected chi connectivity index (χ3v) is 4.08. The van der Waals surface area contributed by atoms with Crippen LogP contribution in [-0.4, -0.2) is 32.0 Å². The van der Waals surface area contributed by atoms with Crippen molar-refractivity contribution in [1.29, 1.82) is 0 Å². The SMILES string of the molecule is CN1C(=O)COc2ccc(C(=O)NCCCc3ccccc3)cc21. The normalized spacial score (nSPS) is 13.2. The number of carbonyl (C=O) groups is 2. The van der Waals surface area contributed by atoms with Crippen molar-refractivity contribution in [3.05, 3.63) is 59.7 Å². The van der Waals surface area contributed by atoms with E-state index < -0.39 is 0 Å². The average molecular weight is 324 g/mol. The summed E-state index contributed by atoms with van der Waals surface area (Å²) in [7, 11) is 1.69. The van der Waals surface area contributed by atoms with E-state index in [0.29, 0.717) is 23.5 Å². The smallest absolute Gasteiger partial charge is 0.264 e. The van der Waals surface area contributed by atoms with Crippen LogP contribution in [0.1, 0.15) is 22.3 Å². The van der Waals surface area contributed by atoms with Crippen molar-refractivity contribution in [2.45, 2.75) is 12.8 Å². The Labute approximate surface area is 141 Å². The fourth-order valence-corrected chi connectivity index (χ4v) is 2.65. The molecule has 0 saturated carbocycles. The van der Waals surface area contributed by atoms with Crippen molar-refractivity contribution in [1.82, 2.24) is 5.32 Å². The third kappa shape index (κ3) is 3.56. The monoisotopic (exact) mass is 324 g/mol. The lowest BCUT2D eigenvalue weighted by molar-refractivity contribution is -0.120. The maximum Gasteiger partial charge on any atom is 0.264 e. The number of nitrogens with one attached hydrogen (secondary N) is 1. The number of amides is 2. The minimum absolute atomic E-state index is 0.0362. The summed E-state index contributed by atoms with van der Waals surface area (Å²) in [6.07, 6.45) is 1.80. The summed E-state index contributed by atoms with van der Waals surface area (Å²) in [5.74, 6) is 0.359. The first kappa shape index (κ1) is 16.1. The van der Waals surface area contributed by atoms with Crippen LogP contribution < -0.4 is 15.0 Å². The zero-order valence-electron chi connectivity index (χ0n) is 13.6. The summed E-state index contributed by atoms with van der Waals surface area (Å²) in [4.78, 5) is 25.5. The molecule has 2 aromatic rings. The topological polar surface area (TPSA) is 58.6 Å². The molecule has 124 valence electrons. The van der Waals surface area contributed by atoms with Gasteiger partial charge in [0.25, 0.3) is 11.8 Å². The fourth-order valence-electron chi connectivity index (χ4n) is 2.65. The molecule has 1 aliphatic heterocycles. The Morgan fingerprint density at radius 1 is 1.21 bits per heavy atom. The maximum atomic E-state index is 12.3. The van der Waals surface area contributed by atoms with Crippen molar-refractivity contribution in [2.24, 2.45) is 0 Å². The Hall–Kier alpha value is -2.82. The number of ether oxygens (including phenoxy) is 1. The zero-order valence-corrected chi connectivity index (χ0v) is 13.6. The van der Waals surface area contributed by atoms with Crippen LogP contribution in [0.2, 0.25) is 0 Å². The van der Waals surface area contributed by atoms with E-state index in [1.165, 1.54) is 10.5 Å². The first-order valence-corrected chi connectivity index (χ1v) is 8.00. The van der Waals surface area contributed by atoms with Crippen molar-refractivity contribution < 1.29 is 14.3 Å². The number of aryl methyl sites for hydroxylation is 1. The highest BCUT2D eigenvalue weighted by Crippen LogP contribution is 2.31. The molecule has 0 radical (unpaired) electrons. The summed E-state index contributed by atoms with van der Waals surface area (Å²) in [6.45, 7) is 0.643. The van der Waals surface area contributed by atoms with Gasteiger partial charge in [-0.25, -0.2) is 0 Å². The molecule has 0 aliphatic carbocycles. The lowest BCUT2D eigenvalue weighted by Crippen LogP contribution is -2.35. The second-order valence-electron chi connectivity index (χ2n) is 5.77. The summed E-state index contributed by atoms with van der Waals surface area (Å²) < 4.78 is 5.37. The number of rotatable bonds is 5. The molecule has 2 aromatic carbocycles. The van der Waals surface area contributed by atoms with Gasteiger partial charge >= 0.3 is 0 Å². The molecule has 0 saturated heterocycles. The van der Waals surface area contributed by atoms with Crippen LogP contribution in [0.3, 0.4) is 0 Å². The number of anilines is 1. The van der Waals surface area contributed by atoms with E-state index in [0.717, 1.165) is 12.8 Å². The van der Waals surface area contributed by atoms with Gasteiger partial charge in [-0.3, -0.25) is 9.59 Å². The van der Waals surface area contributed by atoms with E-state index in [2.05, 4.69) is 17.4 Å². The highest BCUT2D eigenvalue weighted by Gasteiger charge is 2.23. The summed E-state index contributed by atoms with van der Waals surface area (Å²) in [5.41, 5.74) is 2.42. The average Bonchev–Trinajstić information content (AvgIpc) is 2.62. The van der Waals surface area contributed by atoms with Crippen molar-refractivity contribution in [3.63, 3.8) is 0 Å². The number of hydrogen-bond acceptors (Lipinski definition) is 3.